The number of ether oxygens (including phenoxy) is 3. The lowest BCUT2D eigenvalue weighted by Crippen LogP contribution is -2.03. The summed E-state index contributed by atoms with van der Waals surface area (Å²) in [5.41, 5.74) is 8.94. The number of anilines is 1. The molecule has 2 heterocycles. The van der Waals surface area contributed by atoms with E-state index in [1.54, 1.807) is 19.1 Å². The van der Waals surface area contributed by atoms with E-state index in [0.29, 0.717) is 57.7 Å². The van der Waals surface area contributed by atoms with Crippen LogP contribution in [0, 0.1) is 0 Å². The molecule has 7 nitrogen and oxygen atoms in total. The summed E-state index contributed by atoms with van der Waals surface area (Å²) in [6, 6.07) is 9.18. The van der Waals surface area contributed by atoms with E-state index in [2.05, 4.69) is 9.97 Å². The molecular weight excluding hydrogens is 394 g/mol. The molecule has 0 aliphatic carbocycles. The van der Waals surface area contributed by atoms with Gasteiger partial charge in [-0.2, -0.15) is 0 Å². The third-order valence-electron chi connectivity index (χ3n) is 4.41. The molecule has 148 valence electrons. The maximum Gasteiger partial charge on any atom is 0.330 e. The van der Waals surface area contributed by atoms with Gasteiger partial charge in [-0.25, -0.2) is 14.8 Å². The van der Waals surface area contributed by atoms with Crippen molar-refractivity contribution in [2.24, 2.45) is 0 Å². The Balaban J connectivity index is 1.77. The summed E-state index contributed by atoms with van der Waals surface area (Å²) >= 11 is 6.22. The minimum atomic E-state index is -0.455. The lowest BCUT2D eigenvalue weighted by molar-refractivity contribution is -0.137. The van der Waals surface area contributed by atoms with Gasteiger partial charge in [-0.15, -0.1) is 0 Å². The highest BCUT2D eigenvalue weighted by atomic mass is 35.5. The first kappa shape index (κ1) is 19.0. The van der Waals surface area contributed by atoms with Gasteiger partial charge in [0.15, 0.2) is 17.3 Å². The molecule has 0 amide bonds. The van der Waals surface area contributed by atoms with Crippen LogP contribution in [0.25, 0.3) is 17.0 Å². The van der Waals surface area contributed by atoms with Crippen LogP contribution in [-0.4, -0.2) is 29.3 Å². The lowest BCUT2D eigenvalue weighted by Gasteiger charge is -2.11. The van der Waals surface area contributed by atoms with E-state index in [1.807, 2.05) is 18.2 Å². The molecule has 0 unspecified atom stereocenters. The minimum absolute atomic E-state index is 0.209. The Morgan fingerprint density at radius 1 is 1.24 bits per heavy atom. The highest BCUT2D eigenvalue weighted by molar-refractivity contribution is 6.34. The third kappa shape index (κ3) is 3.95. The number of nitrogens with two attached hydrogens (primary N) is 1. The summed E-state index contributed by atoms with van der Waals surface area (Å²) in [4.78, 5) is 20.7. The van der Waals surface area contributed by atoms with Crippen LogP contribution in [-0.2, 0) is 16.0 Å². The Morgan fingerprint density at radius 2 is 2.07 bits per heavy atom. The van der Waals surface area contributed by atoms with Crippen molar-refractivity contribution >= 4 is 40.2 Å². The topological polar surface area (TPSA) is 96.6 Å². The fraction of sp³-hybridized carbons (Fsp3) is 0.190. The quantitative estimate of drug-likeness (QED) is 0.388. The molecule has 0 radical (unpaired) electrons. The average molecular weight is 412 g/mol. The molecule has 0 spiro atoms. The number of benzene rings is 2. The van der Waals surface area contributed by atoms with Crippen LogP contribution in [0.2, 0.25) is 5.02 Å². The number of nitrogen functional groups attached to an aromatic ring is 1. The van der Waals surface area contributed by atoms with E-state index in [9.17, 15) is 4.79 Å². The Morgan fingerprint density at radius 3 is 2.90 bits per heavy atom. The van der Waals surface area contributed by atoms with Gasteiger partial charge in [0.25, 0.3) is 0 Å². The smallest absolute Gasteiger partial charge is 0.330 e. The first-order valence-corrected chi connectivity index (χ1v) is 9.41. The van der Waals surface area contributed by atoms with Crippen molar-refractivity contribution in [3.63, 3.8) is 0 Å². The maximum atomic E-state index is 11.6. The molecule has 1 aromatic heterocycles. The molecular formula is C21H18ClN3O4. The normalized spacial score (nSPS) is 12.6. The number of halogens is 1. The predicted octanol–water partition coefficient (Wildman–Crippen LogP) is 3.76. The van der Waals surface area contributed by atoms with Crippen molar-refractivity contribution in [1.82, 2.24) is 9.97 Å². The second-order valence-electron chi connectivity index (χ2n) is 6.33. The molecule has 2 aromatic carbocycles. The van der Waals surface area contributed by atoms with E-state index in [-0.39, 0.29) is 6.79 Å². The molecule has 0 fully saturated rings. The molecule has 8 heteroatoms. The summed E-state index contributed by atoms with van der Waals surface area (Å²) in [5, 5.41) is 1.12. The number of esters is 1. The van der Waals surface area contributed by atoms with Gasteiger partial charge in [-0.1, -0.05) is 17.7 Å². The highest BCUT2D eigenvalue weighted by Gasteiger charge is 2.16. The van der Waals surface area contributed by atoms with Crippen molar-refractivity contribution in [1.29, 1.82) is 0 Å². The Kier molecular flexibility index (Phi) is 5.22. The fourth-order valence-corrected chi connectivity index (χ4v) is 3.26. The van der Waals surface area contributed by atoms with Crippen LogP contribution in [0.3, 0.4) is 0 Å². The monoisotopic (exact) mass is 411 g/mol. The molecule has 4 rings (SSSR count). The SMILES string of the molecule is CCOC(=O)/C=C/c1nc(Cc2ccc3c(c2)OCO3)c2c(N)c(Cl)ccc2n1. The Bertz CT molecular complexity index is 1130. The third-order valence-corrected chi connectivity index (χ3v) is 4.74. The summed E-state index contributed by atoms with van der Waals surface area (Å²) in [6.45, 7) is 2.25. The second-order valence-corrected chi connectivity index (χ2v) is 6.74. The standard InChI is InChI=1S/C21H18ClN3O4/c1-2-27-19(26)8-7-18-24-14-5-4-13(22)21(23)20(14)15(25-18)9-12-3-6-16-17(10-12)29-11-28-16/h3-8,10H,2,9,11,23H2,1H3/b8-7+. The highest BCUT2D eigenvalue weighted by Crippen LogP contribution is 2.35. The van der Waals surface area contributed by atoms with Gasteiger partial charge in [0, 0.05) is 17.9 Å². The van der Waals surface area contributed by atoms with Gasteiger partial charge < -0.3 is 19.9 Å². The number of carbonyl (C=O) groups excluding carboxylic acids is 1. The summed E-state index contributed by atoms with van der Waals surface area (Å²) in [6.07, 6.45) is 3.29. The van der Waals surface area contributed by atoms with E-state index < -0.39 is 5.97 Å². The van der Waals surface area contributed by atoms with Crippen LogP contribution in [0.15, 0.2) is 36.4 Å². The number of fused-ring (bicyclic) bond motifs is 2. The maximum absolute atomic E-state index is 11.6. The van der Waals surface area contributed by atoms with E-state index in [4.69, 9.17) is 31.5 Å². The van der Waals surface area contributed by atoms with Gasteiger partial charge in [0.1, 0.15) is 0 Å². The molecule has 29 heavy (non-hydrogen) atoms. The van der Waals surface area contributed by atoms with Crippen LogP contribution < -0.4 is 15.2 Å². The number of nitrogens with zero attached hydrogens (tertiary/aromatic N) is 2. The van der Waals surface area contributed by atoms with Gasteiger partial charge in [0.05, 0.1) is 28.5 Å². The van der Waals surface area contributed by atoms with Gasteiger partial charge in [-0.3, -0.25) is 0 Å². The van der Waals surface area contributed by atoms with Gasteiger partial charge in [0.2, 0.25) is 6.79 Å². The van der Waals surface area contributed by atoms with Crippen molar-refractivity contribution in [2.45, 2.75) is 13.3 Å². The number of rotatable bonds is 5. The first-order valence-electron chi connectivity index (χ1n) is 9.03. The zero-order chi connectivity index (χ0) is 20.4. The molecule has 0 saturated carbocycles. The number of aromatic nitrogens is 2. The second kappa shape index (κ2) is 7.97. The lowest BCUT2D eigenvalue weighted by atomic mass is 10.0. The first-order chi connectivity index (χ1) is 14.0. The Labute approximate surface area is 172 Å². The van der Waals surface area contributed by atoms with Crippen molar-refractivity contribution in [3.8, 4) is 11.5 Å². The Hall–Kier alpha value is -3.32. The number of carbonyl (C=O) groups is 1. The average Bonchev–Trinajstić information content (AvgIpc) is 3.17. The molecule has 3 aromatic rings. The van der Waals surface area contributed by atoms with Crippen LogP contribution >= 0.6 is 11.6 Å². The molecule has 0 bridgehead atoms. The van der Waals surface area contributed by atoms with Crippen molar-refractivity contribution in [3.05, 3.63) is 58.5 Å². The van der Waals surface area contributed by atoms with Gasteiger partial charge in [-0.05, 0) is 42.8 Å². The van der Waals surface area contributed by atoms with E-state index in [1.165, 1.54) is 12.2 Å². The number of hydrogen-bond donors (Lipinski definition) is 1. The van der Waals surface area contributed by atoms with Gasteiger partial charge >= 0.3 is 5.97 Å². The zero-order valence-corrected chi connectivity index (χ0v) is 16.4. The minimum Gasteiger partial charge on any atom is -0.463 e. The van der Waals surface area contributed by atoms with Crippen molar-refractivity contribution in [2.75, 3.05) is 19.1 Å². The summed E-state index contributed by atoms with van der Waals surface area (Å²) in [5.74, 6) is 1.32. The molecule has 0 saturated heterocycles. The van der Waals surface area contributed by atoms with Crippen LogP contribution in [0.5, 0.6) is 11.5 Å². The molecule has 0 atom stereocenters. The van der Waals surface area contributed by atoms with Crippen molar-refractivity contribution < 1.29 is 19.0 Å². The summed E-state index contributed by atoms with van der Waals surface area (Å²) < 4.78 is 15.7. The van der Waals surface area contributed by atoms with Crippen LogP contribution in [0.1, 0.15) is 24.0 Å². The molecule has 1 aliphatic rings. The fourth-order valence-electron chi connectivity index (χ4n) is 3.10. The predicted molar refractivity (Wildman–Crippen MR) is 110 cm³/mol. The molecule has 1 aliphatic heterocycles. The van der Waals surface area contributed by atoms with E-state index >= 15 is 0 Å². The van der Waals surface area contributed by atoms with E-state index in [0.717, 1.165) is 5.56 Å². The van der Waals surface area contributed by atoms with Crippen LogP contribution in [0.4, 0.5) is 5.69 Å². The number of hydrogen-bond acceptors (Lipinski definition) is 7. The summed E-state index contributed by atoms with van der Waals surface area (Å²) in [7, 11) is 0. The molecule has 2 N–H and O–H groups in total. The largest absolute Gasteiger partial charge is 0.463 e. The zero-order valence-electron chi connectivity index (χ0n) is 15.6.